The van der Waals surface area contributed by atoms with Crippen LogP contribution in [0.3, 0.4) is 0 Å². The van der Waals surface area contributed by atoms with Crippen molar-refractivity contribution in [1.82, 2.24) is 15.3 Å². The molecule has 0 spiro atoms. The maximum absolute atomic E-state index is 12.3. The Balaban J connectivity index is 1.59. The number of nitrogens with one attached hydrogen (secondary N) is 3. The van der Waals surface area contributed by atoms with E-state index >= 15 is 0 Å². The first-order valence-corrected chi connectivity index (χ1v) is 8.71. The van der Waals surface area contributed by atoms with E-state index in [0.717, 1.165) is 16.9 Å². The van der Waals surface area contributed by atoms with Gasteiger partial charge in [-0.1, -0.05) is 29.5 Å². The van der Waals surface area contributed by atoms with Gasteiger partial charge < -0.3 is 10.6 Å². The Labute approximate surface area is 154 Å². The summed E-state index contributed by atoms with van der Waals surface area (Å²) < 4.78 is 0. The fourth-order valence-corrected chi connectivity index (χ4v) is 3.08. The first-order valence-electron chi connectivity index (χ1n) is 7.89. The van der Waals surface area contributed by atoms with Gasteiger partial charge in [-0.05, 0) is 36.8 Å². The van der Waals surface area contributed by atoms with Crippen molar-refractivity contribution < 1.29 is 9.59 Å². The van der Waals surface area contributed by atoms with Gasteiger partial charge in [0.25, 0.3) is 5.91 Å². The van der Waals surface area contributed by atoms with Crippen molar-refractivity contribution in [2.45, 2.75) is 13.5 Å². The molecule has 0 atom stereocenters. The van der Waals surface area contributed by atoms with Gasteiger partial charge in [0, 0.05) is 24.6 Å². The van der Waals surface area contributed by atoms with E-state index in [-0.39, 0.29) is 5.91 Å². The van der Waals surface area contributed by atoms with E-state index in [1.165, 1.54) is 0 Å². The summed E-state index contributed by atoms with van der Waals surface area (Å²) in [4.78, 5) is 33.0. The van der Waals surface area contributed by atoms with Crippen LogP contribution in [0.4, 0.5) is 15.6 Å². The predicted molar refractivity (Wildman–Crippen MR) is 101 cm³/mol. The Kier molecular flexibility index (Phi) is 5.55. The van der Waals surface area contributed by atoms with Crippen molar-refractivity contribution in [1.29, 1.82) is 0 Å². The number of thiazole rings is 1. The Morgan fingerprint density at radius 1 is 1.04 bits per heavy atom. The Bertz CT molecular complexity index is 896. The second kappa shape index (κ2) is 8.21. The smallest absolute Gasteiger partial charge is 0.325 e. The van der Waals surface area contributed by atoms with Crippen LogP contribution in [0.15, 0.2) is 54.9 Å². The van der Waals surface area contributed by atoms with Gasteiger partial charge in [-0.2, -0.15) is 0 Å². The minimum atomic E-state index is -0.409. The van der Waals surface area contributed by atoms with E-state index in [4.69, 9.17) is 0 Å². The van der Waals surface area contributed by atoms with Crippen LogP contribution in [0, 0.1) is 6.92 Å². The standard InChI is InChI=1S/C18H17N5O2S/c1-12-15(16(24)20-11-13-7-9-19-10-8-13)26-18(21-12)23-17(25)22-14-5-3-2-4-6-14/h2-10H,11H2,1H3,(H,20,24)(H2,21,22,23,25). The summed E-state index contributed by atoms with van der Waals surface area (Å²) in [5.74, 6) is -0.228. The van der Waals surface area contributed by atoms with Crippen molar-refractivity contribution in [3.8, 4) is 0 Å². The zero-order valence-electron chi connectivity index (χ0n) is 14.0. The second-order valence-corrected chi connectivity index (χ2v) is 6.42. The van der Waals surface area contributed by atoms with Crippen LogP contribution < -0.4 is 16.0 Å². The van der Waals surface area contributed by atoms with Crippen LogP contribution in [-0.2, 0) is 6.54 Å². The van der Waals surface area contributed by atoms with Crippen molar-refractivity contribution in [3.05, 3.63) is 71.0 Å². The molecule has 8 heteroatoms. The molecule has 0 aliphatic heterocycles. The van der Waals surface area contributed by atoms with Gasteiger partial charge in [0.15, 0.2) is 5.13 Å². The van der Waals surface area contributed by atoms with Gasteiger partial charge in [-0.25, -0.2) is 9.78 Å². The SMILES string of the molecule is Cc1nc(NC(=O)Nc2ccccc2)sc1C(=O)NCc1ccncc1. The number of carbonyl (C=O) groups is 2. The van der Waals surface area contributed by atoms with E-state index in [0.29, 0.717) is 27.9 Å². The molecule has 7 nitrogen and oxygen atoms in total. The third-order valence-electron chi connectivity index (χ3n) is 3.46. The molecule has 3 aromatic rings. The van der Waals surface area contributed by atoms with Crippen LogP contribution in [0.5, 0.6) is 0 Å². The van der Waals surface area contributed by atoms with E-state index in [1.807, 2.05) is 30.3 Å². The molecule has 1 aromatic carbocycles. The first kappa shape index (κ1) is 17.6. The maximum atomic E-state index is 12.3. The van der Waals surface area contributed by atoms with Gasteiger partial charge in [0.2, 0.25) is 0 Å². The number of hydrogen-bond donors (Lipinski definition) is 3. The number of amides is 3. The zero-order valence-corrected chi connectivity index (χ0v) is 14.8. The first-order chi connectivity index (χ1) is 12.6. The fraction of sp³-hybridized carbons (Fsp3) is 0.111. The summed E-state index contributed by atoms with van der Waals surface area (Å²) in [5.41, 5.74) is 2.20. The average molecular weight is 367 g/mol. The lowest BCUT2D eigenvalue weighted by molar-refractivity contribution is 0.0954. The third-order valence-corrected chi connectivity index (χ3v) is 4.53. The maximum Gasteiger partial charge on any atom is 0.325 e. The lowest BCUT2D eigenvalue weighted by Gasteiger charge is -2.04. The van der Waals surface area contributed by atoms with Crippen LogP contribution in [0.25, 0.3) is 0 Å². The number of aryl methyl sites for hydroxylation is 1. The number of benzene rings is 1. The zero-order chi connectivity index (χ0) is 18.4. The number of nitrogens with zero attached hydrogens (tertiary/aromatic N) is 2. The van der Waals surface area contributed by atoms with E-state index in [2.05, 4.69) is 25.9 Å². The molecular formula is C18H17N5O2S. The summed E-state index contributed by atoms with van der Waals surface area (Å²) >= 11 is 1.13. The Morgan fingerprint density at radius 3 is 2.50 bits per heavy atom. The summed E-state index contributed by atoms with van der Waals surface area (Å²) in [6, 6.07) is 12.3. The summed E-state index contributed by atoms with van der Waals surface area (Å²) in [7, 11) is 0. The molecule has 0 fully saturated rings. The van der Waals surface area contributed by atoms with Gasteiger partial charge in [0.05, 0.1) is 5.69 Å². The van der Waals surface area contributed by atoms with Crippen molar-refractivity contribution in [3.63, 3.8) is 0 Å². The molecule has 2 aromatic heterocycles. The molecule has 3 N–H and O–H groups in total. The quantitative estimate of drug-likeness (QED) is 0.644. The number of urea groups is 1. The summed E-state index contributed by atoms with van der Waals surface area (Å²) in [5, 5.41) is 8.56. The number of rotatable bonds is 5. The third kappa shape index (κ3) is 4.64. The molecule has 0 unspecified atom stereocenters. The number of carbonyl (C=O) groups excluding carboxylic acids is 2. The molecule has 3 rings (SSSR count). The van der Waals surface area contributed by atoms with Crippen molar-refractivity contribution >= 4 is 34.1 Å². The normalized spacial score (nSPS) is 10.2. The van der Waals surface area contributed by atoms with Crippen molar-refractivity contribution in [2.24, 2.45) is 0 Å². The number of para-hydroxylation sites is 1. The van der Waals surface area contributed by atoms with Gasteiger partial charge >= 0.3 is 6.03 Å². The average Bonchev–Trinajstić information content (AvgIpc) is 3.01. The lowest BCUT2D eigenvalue weighted by Crippen LogP contribution is -2.22. The highest BCUT2D eigenvalue weighted by Gasteiger charge is 2.16. The number of anilines is 2. The molecule has 0 aliphatic rings. The van der Waals surface area contributed by atoms with Gasteiger partial charge in [-0.15, -0.1) is 0 Å². The molecule has 3 amide bonds. The van der Waals surface area contributed by atoms with Crippen LogP contribution in [0.2, 0.25) is 0 Å². The van der Waals surface area contributed by atoms with E-state index in [1.54, 1.807) is 31.5 Å². The van der Waals surface area contributed by atoms with Crippen LogP contribution in [0.1, 0.15) is 20.9 Å². The number of pyridine rings is 1. The molecule has 0 saturated carbocycles. The monoisotopic (exact) mass is 367 g/mol. The van der Waals surface area contributed by atoms with Gasteiger partial charge in [-0.3, -0.25) is 15.1 Å². The fourth-order valence-electron chi connectivity index (χ4n) is 2.20. The number of hydrogen-bond acceptors (Lipinski definition) is 5. The molecule has 132 valence electrons. The Morgan fingerprint density at radius 2 is 1.77 bits per heavy atom. The van der Waals surface area contributed by atoms with E-state index < -0.39 is 6.03 Å². The second-order valence-electron chi connectivity index (χ2n) is 5.42. The molecule has 0 saturated heterocycles. The molecule has 0 aliphatic carbocycles. The largest absolute Gasteiger partial charge is 0.347 e. The summed E-state index contributed by atoms with van der Waals surface area (Å²) in [6.45, 7) is 2.13. The summed E-state index contributed by atoms with van der Waals surface area (Å²) in [6.07, 6.45) is 3.35. The van der Waals surface area contributed by atoms with Crippen LogP contribution in [-0.4, -0.2) is 21.9 Å². The minimum Gasteiger partial charge on any atom is -0.347 e. The van der Waals surface area contributed by atoms with Gasteiger partial charge in [0.1, 0.15) is 4.88 Å². The topological polar surface area (TPSA) is 96.0 Å². The highest BCUT2D eigenvalue weighted by Crippen LogP contribution is 2.22. The van der Waals surface area contributed by atoms with Crippen LogP contribution >= 0.6 is 11.3 Å². The van der Waals surface area contributed by atoms with Crippen molar-refractivity contribution in [2.75, 3.05) is 10.6 Å². The molecular weight excluding hydrogens is 350 g/mol. The number of aromatic nitrogens is 2. The molecule has 0 bridgehead atoms. The molecule has 2 heterocycles. The minimum absolute atomic E-state index is 0.228. The molecule has 26 heavy (non-hydrogen) atoms. The van der Waals surface area contributed by atoms with E-state index in [9.17, 15) is 9.59 Å². The predicted octanol–water partition coefficient (Wildman–Crippen LogP) is 3.42. The highest BCUT2D eigenvalue weighted by atomic mass is 32.1. The Hall–Kier alpha value is -3.26. The highest BCUT2D eigenvalue weighted by molar-refractivity contribution is 7.17. The molecule has 0 radical (unpaired) electrons. The lowest BCUT2D eigenvalue weighted by atomic mass is 10.2.